The monoisotopic (exact) mass is 475 g/mol. The Kier molecular flexibility index (Phi) is 11.0. The minimum atomic E-state index is -4.98. The van der Waals surface area contributed by atoms with Crippen LogP contribution < -0.4 is 0 Å². The Morgan fingerprint density at radius 2 is 1.76 bits per heavy atom. The lowest BCUT2D eigenvalue weighted by Crippen LogP contribution is -2.52. The van der Waals surface area contributed by atoms with E-state index in [0.29, 0.717) is 0 Å². The van der Waals surface area contributed by atoms with E-state index in [-0.39, 0.29) is 12.0 Å². The Bertz CT molecular complexity index is 914. The van der Waals surface area contributed by atoms with E-state index >= 15 is 0 Å². The molecule has 2 rings (SSSR count). The lowest BCUT2D eigenvalue weighted by molar-refractivity contribution is -0.277. The smallest absolute Gasteiger partial charge is 0.432 e. The van der Waals surface area contributed by atoms with Gasteiger partial charge in [0.1, 0.15) is 6.10 Å². The molecule has 2 atom stereocenters. The number of ether oxygens (including phenoxy) is 2. The second-order valence-corrected chi connectivity index (χ2v) is 8.02. The first kappa shape index (κ1) is 27.3. The average Bonchev–Trinajstić information content (AvgIpc) is 2.81. The van der Waals surface area contributed by atoms with Crippen LogP contribution in [0.15, 0.2) is 79.2 Å². The number of nitrogens with zero attached hydrogens (tertiary/aromatic N) is 1. The predicted molar refractivity (Wildman–Crippen MR) is 126 cm³/mol. The number of unbranched alkanes of at least 4 members (excludes halogenated alkanes) is 3. The third-order valence-corrected chi connectivity index (χ3v) is 5.39. The van der Waals surface area contributed by atoms with E-state index in [0.717, 1.165) is 39.2 Å². The van der Waals surface area contributed by atoms with Gasteiger partial charge in [0, 0.05) is 31.5 Å². The Morgan fingerprint density at radius 1 is 1.03 bits per heavy atom. The van der Waals surface area contributed by atoms with Crippen LogP contribution in [0.25, 0.3) is 0 Å². The molecule has 0 aliphatic rings. The van der Waals surface area contributed by atoms with Crippen molar-refractivity contribution in [1.29, 1.82) is 0 Å². The molecule has 0 spiro atoms. The summed E-state index contributed by atoms with van der Waals surface area (Å²) in [6.07, 6.45) is 11.0. The van der Waals surface area contributed by atoms with E-state index in [2.05, 4.69) is 11.1 Å². The van der Waals surface area contributed by atoms with Crippen LogP contribution in [0.2, 0.25) is 0 Å². The third-order valence-electron chi connectivity index (χ3n) is 5.39. The highest BCUT2D eigenvalue weighted by molar-refractivity contribution is 5.82. The maximum absolute atomic E-state index is 13.9. The normalized spacial score (nSPS) is 14.9. The summed E-state index contributed by atoms with van der Waals surface area (Å²) in [5, 5.41) is 0. The third kappa shape index (κ3) is 7.83. The van der Waals surface area contributed by atoms with Crippen LogP contribution in [-0.2, 0) is 26.3 Å². The van der Waals surface area contributed by atoms with Gasteiger partial charge in [-0.3, -0.25) is 4.98 Å². The molecule has 0 saturated heterocycles. The van der Waals surface area contributed by atoms with Gasteiger partial charge in [0.25, 0.3) is 5.60 Å². The molecule has 1 aromatic carbocycles. The van der Waals surface area contributed by atoms with E-state index in [1.807, 2.05) is 30.5 Å². The molecule has 0 aliphatic heterocycles. The van der Waals surface area contributed by atoms with Gasteiger partial charge in [-0.25, -0.2) is 4.79 Å². The molecule has 0 saturated carbocycles. The van der Waals surface area contributed by atoms with Gasteiger partial charge < -0.3 is 9.47 Å². The molecular weight excluding hydrogens is 443 g/mol. The highest BCUT2D eigenvalue weighted by atomic mass is 19.4. The highest BCUT2D eigenvalue weighted by Crippen LogP contribution is 2.43. The first-order chi connectivity index (χ1) is 16.3. The Labute approximate surface area is 199 Å². The van der Waals surface area contributed by atoms with Crippen LogP contribution in [0, 0.1) is 0 Å². The zero-order valence-electron chi connectivity index (χ0n) is 19.6. The average molecular weight is 476 g/mol. The number of hydrogen-bond acceptors (Lipinski definition) is 4. The van der Waals surface area contributed by atoms with Gasteiger partial charge >= 0.3 is 12.1 Å². The number of halogens is 3. The summed E-state index contributed by atoms with van der Waals surface area (Å²) in [7, 11) is 0.857. The molecule has 0 unspecified atom stereocenters. The van der Waals surface area contributed by atoms with Crippen LogP contribution in [0.1, 0.15) is 50.2 Å². The number of esters is 1. The molecule has 2 aromatic rings. The number of methoxy groups -OCH3 is 1. The fourth-order valence-corrected chi connectivity index (χ4v) is 3.54. The van der Waals surface area contributed by atoms with Crippen LogP contribution in [-0.4, -0.2) is 30.3 Å². The van der Waals surface area contributed by atoms with Crippen molar-refractivity contribution in [2.24, 2.45) is 0 Å². The zero-order valence-corrected chi connectivity index (χ0v) is 19.6. The number of allylic oxidation sites excluding steroid dienone is 3. The van der Waals surface area contributed by atoms with Gasteiger partial charge in [0.2, 0.25) is 0 Å². The summed E-state index contributed by atoms with van der Waals surface area (Å²) < 4.78 is 51.6. The van der Waals surface area contributed by atoms with Crippen molar-refractivity contribution in [3.05, 3.63) is 90.3 Å². The molecule has 0 fully saturated rings. The van der Waals surface area contributed by atoms with Gasteiger partial charge in [0.05, 0.1) is 0 Å². The van der Waals surface area contributed by atoms with Crippen molar-refractivity contribution in [3.63, 3.8) is 0 Å². The number of alkyl halides is 3. The topological polar surface area (TPSA) is 48.4 Å². The Morgan fingerprint density at radius 3 is 2.41 bits per heavy atom. The van der Waals surface area contributed by atoms with Gasteiger partial charge in [-0.15, -0.1) is 0 Å². The molecule has 0 aliphatic carbocycles. The van der Waals surface area contributed by atoms with Crippen LogP contribution in [0.5, 0.6) is 0 Å². The van der Waals surface area contributed by atoms with Crippen molar-refractivity contribution in [1.82, 2.24) is 4.98 Å². The minimum Gasteiger partial charge on any atom is -0.460 e. The van der Waals surface area contributed by atoms with Crippen LogP contribution >= 0.6 is 0 Å². The molecule has 34 heavy (non-hydrogen) atoms. The minimum absolute atomic E-state index is 0.285. The molecule has 184 valence electrons. The van der Waals surface area contributed by atoms with E-state index in [4.69, 9.17) is 9.47 Å². The second kappa shape index (κ2) is 13.7. The van der Waals surface area contributed by atoms with Crippen LogP contribution in [0.4, 0.5) is 13.2 Å². The predicted octanol–water partition coefficient (Wildman–Crippen LogP) is 6.72. The summed E-state index contributed by atoms with van der Waals surface area (Å²) >= 11 is 0. The zero-order chi connectivity index (χ0) is 24.9. The molecule has 1 heterocycles. The number of carbonyl (C=O) groups is 1. The van der Waals surface area contributed by atoms with E-state index in [1.54, 1.807) is 25.3 Å². The number of aromatic nitrogens is 1. The van der Waals surface area contributed by atoms with Gasteiger partial charge in [-0.1, -0.05) is 67.1 Å². The summed E-state index contributed by atoms with van der Waals surface area (Å²) in [4.78, 5) is 16.7. The van der Waals surface area contributed by atoms with Crippen molar-refractivity contribution in [2.75, 3.05) is 7.11 Å². The molecule has 4 nitrogen and oxygen atoms in total. The maximum atomic E-state index is 13.9. The number of carbonyl (C=O) groups excluding carboxylic acids is 1. The van der Waals surface area contributed by atoms with Crippen molar-refractivity contribution >= 4 is 5.97 Å². The highest BCUT2D eigenvalue weighted by Gasteiger charge is 2.64. The maximum Gasteiger partial charge on any atom is 0.432 e. The second-order valence-electron chi connectivity index (χ2n) is 8.02. The Balaban J connectivity index is 1.76. The van der Waals surface area contributed by atoms with E-state index < -0.39 is 23.9 Å². The SMILES string of the molecule is CO[C@](C(=O)O[C@@H](C)C/C=C/C=C/CCCCCc1cccnc1)(c1ccccc1)C(F)(F)F. The standard InChI is InChI=1S/C27H32F3NO3/c1-22(15-10-7-5-3-4-6-8-11-16-23-17-14-20-31-21-23)34-25(32)26(33-2,27(28,29)30)24-18-12-9-13-19-24/h3,5,7,9-10,12-14,17-22H,4,6,8,11,15-16H2,1-2H3/b5-3+,10-7+/t22-,26-/m0/s1. The molecule has 0 bridgehead atoms. The number of hydrogen-bond donors (Lipinski definition) is 0. The molecule has 0 N–H and O–H groups in total. The van der Waals surface area contributed by atoms with Gasteiger partial charge in [-0.05, 0) is 44.2 Å². The summed E-state index contributed by atoms with van der Waals surface area (Å²) in [5.74, 6) is -1.48. The molecular formula is C27H32F3NO3. The number of benzene rings is 1. The summed E-state index contributed by atoms with van der Waals surface area (Å²) in [6, 6.07) is 10.8. The fraction of sp³-hybridized carbons (Fsp3) is 0.407. The lowest BCUT2D eigenvalue weighted by Gasteiger charge is -2.33. The molecule has 0 amide bonds. The summed E-state index contributed by atoms with van der Waals surface area (Å²) in [6.45, 7) is 1.55. The van der Waals surface area contributed by atoms with Crippen molar-refractivity contribution < 1.29 is 27.4 Å². The summed E-state index contributed by atoms with van der Waals surface area (Å²) in [5.41, 5.74) is -2.23. The first-order valence-electron chi connectivity index (χ1n) is 11.4. The molecule has 7 heteroatoms. The number of aryl methyl sites for hydroxylation is 1. The van der Waals surface area contributed by atoms with Gasteiger partial charge in [0.15, 0.2) is 0 Å². The first-order valence-corrected chi connectivity index (χ1v) is 11.4. The van der Waals surface area contributed by atoms with E-state index in [9.17, 15) is 18.0 Å². The van der Waals surface area contributed by atoms with Crippen molar-refractivity contribution in [2.45, 2.75) is 63.3 Å². The number of rotatable bonds is 13. The van der Waals surface area contributed by atoms with Gasteiger partial charge in [-0.2, -0.15) is 13.2 Å². The Hall–Kier alpha value is -2.93. The number of pyridine rings is 1. The van der Waals surface area contributed by atoms with Crippen molar-refractivity contribution in [3.8, 4) is 0 Å². The quantitative estimate of drug-likeness (QED) is 0.183. The molecule has 0 radical (unpaired) electrons. The fourth-order valence-electron chi connectivity index (χ4n) is 3.54. The van der Waals surface area contributed by atoms with E-state index in [1.165, 1.54) is 29.8 Å². The largest absolute Gasteiger partial charge is 0.460 e. The lowest BCUT2D eigenvalue weighted by atomic mass is 9.92. The van der Waals surface area contributed by atoms with Crippen LogP contribution in [0.3, 0.4) is 0 Å². The molecule has 1 aromatic heterocycles.